The van der Waals surface area contributed by atoms with Crippen molar-refractivity contribution < 1.29 is 17.4 Å². The van der Waals surface area contributed by atoms with E-state index < -0.39 is 10.1 Å². The van der Waals surface area contributed by atoms with Crippen LogP contribution in [-0.2, 0) is 21.3 Å². The molecule has 2 aromatic carbocycles. The number of carbonyl (C=O) groups is 1. The summed E-state index contributed by atoms with van der Waals surface area (Å²) in [6.45, 7) is 7.78. The van der Waals surface area contributed by atoms with E-state index in [1.807, 2.05) is 32.9 Å². The van der Waals surface area contributed by atoms with E-state index in [0.717, 1.165) is 40.8 Å². The number of nitrogens with zero attached hydrogens (tertiary/aromatic N) is 1. The summed E-state index contributed by atoms with van der Waals surface area (Å²) in [5, 5.41) is 0. The van der Waals surface area contributed by atoms with E-state index in [2.05, 4.69) is 0 Å². The highest BCUT2D eigenvalue weighted by Crippen LogP contribution is 2.32. The maximum absolute atomic E-state index is 12.8. The molecule has 1 aliphatic rings. The number of carbonyl (C=O) groups excluding carboxylic acids is 1. The lowest BCUT2D eigenvalue weighted by molar-refractivity contribution is -0.116. The van der Waals surface area contributed by atoms with Crippen molar-refractivity contribution in [1.82, 2.24) is 0 Å². The Balaban J connectivity index is 1.99. The van der Waals surface area contributed by atoms with Crippen molar-refractivity contribution >= 4 is 21.7 Å². The van der Waals surface area contributed by atoms with E-state index in [4.69, 9.17) is 4.18 Å². The predicted octanol–water partition coefficient (Wildman–Crippen LogP) is 3.68. The zero-order valence-electron chi connectivity index (χ0n) is 15.5. The summed E-state index contributed by atoms with van der Waals surface area (Å²) in [5.41, 5.74) is 4.20. The van der Waals surface area contributed by atoms with Crippen LogP contribution in [0.5, 0.6) is 5.75 Å². The van der Waals surface area contributed by atoms with Crippen LogP contribution in [0.3, 0.4) is 0 Å². The van der Waals surface area contributed by atoms with Gasteiger partial charge < -0.3 is 9.08 Å². The van der Waals surface area contributed by atoms with E-state index in [9.17, 15) is 13.2 Å². The molecule has 0 saturated heterocycles. The van der Waals surface area contributed by atoms with Gasteiger partial charge in [-0.1, -0.05) is 12.1 Å². The Kier molecular flexibility index (Phi) is 4.80. The Bertz CT molecular complexity index is 980. The summed E-state index contributed by atoms with van der Waals surface area (Å²) < 4.78 is 31.1. The molecule has 0 aliphatic carbocycles. The van der Waals surface area contributed by atoms with Crippen molar-refractivity contribution in [3.05, 3.63) is 52.6 Å². The summed E-state index contributed by atoms with van der Waals surface area (Å²) in [4.78, 5) is 13.6. The fourth-order valence-electron chi connectivity index (χ4n) is 3.27. The Morgan fingerprint density at radius 3 is 2.46 bits per heavy atom. The van der Waals surface area contributed by atoms with Gasteiger partial charge in [0.1, 0.15) is 10.6 Å². The lowest BCUT2D eigenvalue weighted by Gasteiger charge is -2.28. The number of hydrogen-bond donors (Lipinski definition) is 0. The van der Waals surface area contributed by atoms with Crippen molar-refractivity contribution in [1.29, 1.82) is 0 Å². The van der Waals surface area contributed by atoms with Crippen LogP contribution in [0.15, 0.2) is 35.2 Å². The molecule has 6 heteroatoms. The predicted molar refractivity (Wildman–Crippen MR) is 101 cm³/mol. The summed E-state index contributed by atoms with van der Waals surface area (Å²) in [5.74, 6) is 0.344. The number of aryl methyl sites for hydroxylation is 3. The molecule has 0 unspecified atom stereocenters. The maximum atomic E-state index is 12.8. The van der Waals surface area contributed by atoms with Gasteiger partial charge >= 0.3 is 10.1 Å². The van der Waals surface area contributed by atoms with Crippen LogP contribution in [0.2, 0.25) is 0 Å². The van der Waals surface area contributed by atoms with Gasteiger partial charge in [0, 0.05) is 19.2 Å². The minimum atomic E-state index is -3.95. The molecule has 0 fully saturated rings. The minimum Gasteiger partial charge on any atom is -0.378 e. The molecule has 1 aliphatic heterocycles. The van der Waals surface area contributed by atoms with Crippen molar-refractivity contribution in [2.75, 3.05) is 11.4 Å². The molecule has 0 N–H and O–H groups in total. The molecule has 0 radical (unpaired) electrons. The number of fused-ring (bicyclic) bond motifs is 1. The molecule has 0 saturated carbocycles. The Hall–Kier alpha value is -2.34. The van der Waals surface area contributed by atoms with Crippen molar-refractivity contribution in [3.63, 3.8) is 0 Å². The van der Waals surface area contributed by atoms with Gasteiger partial charge in [0.15, 0.2) is 0 Å². The lowest BCUT2D eigenvalue weighted by Crippen LogP contribution is -2.33. The third kappa shape index (κ3) is 3.33. The van der Waals surface area contributed by atoms with Gasteiger partial charge in [0.05, 0.1) is 0 Å². The molecule has 0 aromatic heterocycles. The van der Waals surface area contributed by atoms with E-state index in [-0.39, 0.29) is 10.8 Å². The van der Waals surface area contributed by atoms with Gasteiger partial charge in [-0.15, -0.1) is 0 Å². The molecule has 5 nitrogen and oxygen atoms in total. The Labute approximate surface area is 154 Å². The topological polar surface area (TPSA) is 63.7 Å². The van der Waals surface area contributed by atoms with Gasteiger partial charge in [-0.3, -0.25) is 4.79 Å². The molecule has 138 valence electrons. The van der Waals surface area contributed by atoms with Crippen LogP contribution in [0.4, 0.5) is 5.69 Å². The standard InChI is InChI=1S/C20H23NO4S/c1-13-7-8-14(2)20(15(13)3)25-26(23,24)18-9-10-19-17(12-18)6-5-11-21(19)16(4)22/h7-10,12H,5-6,11H2,1-4H3. The van der Waals surface area contributed by atoms with Gasteiger partial charge in [-0.05, 0) is 74.1 Å². The molecule has 3 rings (SSSR count). The number of benzene rings is 2. The Morgan fingerprint density at radius 2 is 1.77 bits per heavy atom. The third-order valence-electron chi connectivity index (χ3n) is 4.91. The number of rotatable bonds is 3. The van der Waals surface area contributed by atoms with Crippen molar-refractivity contribution in [3.8, 4) is 5.75 Å². The van der Waals surface area contributed by atoms with Crippen molar-refractivity contribution in [2.24, 2.45) is 0 Å². The van der Waals surface area contributed by atoms with E-state index in [1.54, 1.807) is 17.0 Å². The average molecular weight is 373 g/mol. The van der Waals surface area contributed by atoms with Gasteiger partial charge in [-0.2, -0.15) is 8.42 Å². The molecule has 1 heterocycles. The van der Waals surface area contributed by atoms with Crippen LogP contribution >= 0.6 is 0 Å². The zero-order valence-corrected chi connectivity index (χ0v) is 16.3. The van der Waals surface area contributed by atoms with Gasteiger partial charge in [0.2, 0.25) is 5.91 Å². The third-order valence-corrected chi connectivity index (χ3v) is 6.12. The zero-order chi connectivity index (χ0) is 19.1. The van der Waals surface area contributed by atoms with E-state index >= 15 is 0 Å². The van der Waals surface area contributed by atoms with Crippen LogP contribution in [0.1, 0.15) is 35.6 Å². The highest BCUT2D eigenvalue weighted by Gasteiger charge is 2.25. The first-order valence-corrected chi connectivity index (χ1v) is 10.0. The molecular formula is C20H23NO4S. The number of hydrogen-bond acceptors (Lipinski definition) is 4. The summed E-state index contributed by atoms with van der Waals surface area (Å²) >= 11 is 0. The first kappa shape index (κ1) is 18.5. The molecule has 0 atom stereocenters. The lowest BCUT2D eigenvalue weighted by atomic mass is 10.0. The SMILES string of the molecule is CC(=O)N1CCCc2cc(S(=O)(=O)Oc3c(C)ccc(C)c3C)ccc21. The average Bonchev–Trinajstić information content (AvgIpc) is 2.61. The summed E-state index contributed by atoms with van der Waals surface area (Å²) in [7, 11) is -3.95. The Morgan fingerprint density at radius 1 is 1.08 bits per heavy atom. The first-order chi connectivity index (χ1) is 12.2. The highest BCUT2D eigenvalue weighted by molar-refractivity contribution is 7.87. The van der Waals surface area contributed by atoms with Crippen LogP contribution in [-0.4, -0.2) is 20.9 Å². The molecular weight excluding hydrogens is 350 g/mol. The monoisotopic (exact) mass is 373 g/mol. The summed E-state index contributed by atoms with van der Waals surface area (Å²) in [6.07, 6.45) is 1.55. The maximum Gasteiger partial charge on any atom is 0.339 e. The second-order valence-electron chi connectivity index (χ2n) is 6.76. The largest absolute Gasteiger partial charge is 0.378 e. The van der Waals surface area contributed by atoms with Gasteiger partial charge in [-0.25, -0.2) is 0 Å². The smallest absolute Gasteiger partial charge is 0.339 e. The molecule has 0 spiro atoms. The highest BCUT2D eigenvalue weighted by atomic mass is 32.2. The minimum absolute atomic E-state index is 0.0381. The van der Waals surface area contributed by atoms with Crippen molar-refractivity contribution in [2.45, 2.75) is 45.4 Å². The quantitative estimate of drug-likeness (QED) is 0.770. The number of anilines is 1. The fraction of sp³-hybridized carbons (Fsp3) is 0.350. The second-order valence-corrected chi connectivity index (χ2v) is 8.30. The van der Waals surface area contributed by atoms with E-state index in [0.29, 0.717) is 12.3 Å². The summed E-state index contributed by atoms with van der Waals surface area (Å²) in [6, 6.07) is 8.63. The second kappa shape index (κ2) is 6.76. The van der Waals surface area contributed by atoms with Crippen LogP contribution in [0, 0.1) is 20.8 Å². The van der Waals surface area contributed by atoms with Crippen LogP contribution in [0.25, 0.3) is 0 Å². The van der Waals surface area contributed by atoms with Gasteiger partial charge in [0.25, 0.3) is 0 Å². The normalized spacial score (nSPS) is 14.1. The fourth-order valence-corrected chi connectivity index (χ4v) is 4.36. The van der Waals surface area contributed by atoms with E-state index in [1.165, 1.54) is 13.0 Å². The number of amides is 1. The molecule has 26 heavy (non-hydrogen) atoms. The molecule has 2 aromatic rings. The van der Waals surface area contributed by atoms with Crippen LogP contribution < -0.4 is 9.08 Å². The molecule has 1 amide bonds. The molecule has 0 bridgehead atoms. The first-order valence-electron chi connectivity index (χ1n) is 8.63.